The Morgan fingerprint density at radius 2 is 1.92 bits per heavy atom. The Labute approximate surface area is 147 Å². The summed E-state index contributed by atoms with van der Waals surface area (Å²) in [5, 5.41) is 4.65. The van der Waals surface area contributed by atoms with Crippen molar-refractivity contribution >= 4 is 16.9 Å². The summed E-state index contributed by atoms with van der Waals surface area (Å²) < 4.78 is 5.00. The van der Waals surface area contributed by atoms with Gasteiger partial charge in [0.1, 0.15) is 6.04 Å². The summed E-state index contributed by atoms with van der Waals surface area (Å²) in [7, 11) is 1.44. The van der Waals surface area contributed by atoms with E-state index in [1.807, 2.05) is 12.1 Å². The molecule has 0 fully saturated rings. The van der Waals surface area contributed by atoms with Gasteiger partial charge in [-0.15, -0.1) is 0 Å². The Morgan fingerprint density at radius 3 is 2.64 bits per heavy atom. The SMILES string of the molecule is CCc1ccc(C2NC(C(=O)OC)Cc3c2[nH]c2ccccc32)cc1. The quantitative estimate of drug-likeness (QED) is 0.721. The minimum atomic E-state index is -0.340. The Morgan fingerprint density at radius 1 is 1.16 bits per heavy atom. The fourth-order valence-corrected chi connectivity index (χ4v) is 3.74. The van der Waals surface area contributed by atoms with Crippen molar-refractivity contribution in [1.29, 1.82) is 0 Å². The Bertz CT molecular complexity index is 911. The van der Waals surface area contributed by atoms with E-state index in [-0.39, 0.29) is 18.1 Å². The summed E-state index contributed by atoms with van der Waals surface area (Å²) in [5.74, 6) is -0.217. The van der Waals surface area contributed by atoms with E-state index in [1.54, 1.807) is 0 Å². The number of esters is 1. The average Bonchev–Trinajstić information content (AvgIpc) is 3.05. The summed E-state index contributed by atoms with van der Waals surface area (Å²) in [6.07, 6.45) is 1.65. The van der Waals surface area contributed by atoms with Crippen LogP contribution in [0.1, 0.15) is 35.3 Å². The predicted molar refractivity (Wildman–Crippen MR) is 98.6 cm³/mol. The lowest BCUT2D eigenvalue weighted by molar-refractivity contribution is -0.143. The van der Waals surface area contributed by atoms with Crippen LogP contribution in [0, 0.1) is 0 Å². The van der Waals surface area contributed by atoms with Crippen LogP contribution in [0.15, 0.2) is 48.5 Å². The maximum absolute atomic E-state index is 12.2. The third-order valence-corrected chi connectivity index (χ3v) is 5.12. The van der Waals surface area contributed by atoms with Crippen molar-refractivity contribution in [2.45, 2.75) is 31.8 Å². The molecule has 0 radical (unpaired) electrons. The van der Waals surface area contributed by atoms with Gasteiger partial charge in [-0.25, -0.2) is 0 Å². The molecule has 1 aliphatic heterocycles. The van der Waals surface area contributed by atoms with Crippen LogP contribution >= 0.6 is 0 Å². The molecule has 1 aliphatic rings. The number of aromatic nitrogens is 1. The van der Waals surface area contributed by atoms with Crippen molar-refractivity contribution in [1.82, 2.24) is 10.3 Å². The number of aryl methyl sites for hydroxylation is 1. The number of H-pyrrole nitrogens is 1. The van der Waals surface area contributed by atoms with Gasteiger partial charge < -0.3 is 9.72 Å². The van der Waals surface area contributed by atoms with Crippen LogP contribution in [-0.4, -0.2) is 24.1 Å². The van der Waals surface area contributed by atoms with E-state index >= 15 is 0 Å². The first-order chi connectivity index (χ1) is 12.2. The number of carbonyl (C=O) groups excluding carboxylic acids is 1. The van der Waals surface area contributed by atoms with E-state index in [2.05, 4.69) is 53.6 Å². The van der Waals surface area contributed by atoms with E-state index in [0.717, 1.165) is 23.2 Å². The van der Waals surface area contributed by atoms with Gasteiger partial charge in [0.2, 0.25) is 0 Å². The van der Waals surface area contributed by atoms with Crippen molar-refractivity contribution in [2.75, 3.05) is 7.11 Å². The lowest BCUT2D eigenvalue weighted by Gasteiger charge is -2.30. The third kappa shape index (κ3) is 2.72. The van der Waals surface area contributed by atoms with Crippen LogP contribution in [0.4, 0.5) is 0 Å². The number of hydrogen-bond donors (Lipinski definition) is 2. The zero-order valence-electron chi connectivity index (χ0n) is 14.5. The standard InChI is InChI=1S/C21H22N2O2/c1-3-13-8-10-14(11-9-13)19-20-16(12-18(23-19)21(24)25-2)15-6-4-5-7-17(15)22-20/h4-11,18-19,22-23H,3,12H2,1-2H3. The molecular weight excluding hydrogens is 312 g/mol. The molecule has 4 rings (SSSR count). The van der Waals surface area contributed by atoms with E-state index < -0.39 is 0 Å². The monoisotopic (exact) mass is 334 g/mol. The lowest BCUT2D eigenvalue weighted by Crippen LogP contribution is -2.45. The van der Waals surface area contributed by atoms with E-state index in [0.29, 0.717) is 6.42 Å². The number of ether oxygens (including phenoxy) is 1. The molecule has 0 spiro atoms. The smallest absolute Gasteiger partial charge is 0.323 e. The fraction of sp³-hybridized carbons (Fsp3) is 0.286. The number of methoxy groups -OCH3 is 1. The molecule has 2 unspecified atom stereocenters. The highest BCUT2D eigenvalue weighted by atomic mass is 16.5. The molecule has 0 saturated carbocycles. The molecule has 2 aromatic carbocycles. The normalized spacial score (nSPS) is 19.6. The molecule has 4 heteroatoms. The van der Waals surface area contributed by atoms with Gasteiger partial charge in [-0.3, -0.25) is 10.1 Å². The van der Waals surface area contributed by atoms with Crippen LogP contribution in [0.5, 0.6) is 0 Å². The average molecular weight is 334 g/mol. The second-order valence-corrected chi connectivity index (χ2v) is 6.54. The number of carbonyl (C=O) groups is 1. The van der Waals surface area contributed by atoms with Gasteiger partial charge in [0, 0.05) is 23.0 Å². The summed E-state index contributed by atoms with van der Waals surface area (Å²) in [5.41, 5.74) is 5.91. The summed E-state index contributed by atoms with van der Waals surface area (Å²) in [6, 6.07) is 16.5. The van der Waals surface area contributed by atoms with Crippen LogP contribution in [0.3, 0.4) is 0 Å². The number of aromatic amines is 1. The number of rotatable bonds is 3. The van der Waals surface area contributed by atoms with E-state index in [9.17, 15) is 4.79 Å². The lowest BCUT2D eigenvalue weighted by atomic mass is 9.90. The fourth-order valence-electron chi connectivity index (χ4n) is 3.74. The van der Waals surface area contributed by atoms with Gasteiger partial charge in [0.25, 0.3) is 0 Å². The van der Waals surface area contributed by atoms with Gasteiger partial charge in [-0.1, -0.05) is 49.4 Å². The first-order valence-electron chi connectivity index (χ1n) is 8.73. The number of hydrogen-bond acceptors (Lipinski definition) is 3. The number of fused-ring (bicyclic) bond motifs is 3. The largest absolute Gasteiger partial charge is 0.468 e. The molecule has 3 aromatic rings. The van der Waals surface area contributed by atoms with Crippen molar-refractivity contribution in [3.05, 3.63) is 70.9 Å². The molecule has 25 heavy (non-hydrogen) atoms. The van der Waals surface area contributed by atoms with Crippen LogP contribution in [0.25, 0.3) is 10.9 Å². The number of nitrogens with one attached hydrogen (secondary N) is 2. The van der Waals surface area contributed by atoms with Gasteiger partial charge in [-0.2, -0.15) is 0 Å². The molecule has 0 amide bonds. The second kappa shape index (κ2) is 6.37. The molecule has 1 aromatic heterocycles. The summed E-state index contributed by atoms with van der Waals surface area (Å²) in [4.78, 5) is 15.8. The van der Waals surface area contributed by atoms with Crippen LogP contribution in [-0.2, 0) is 22.4 Å². The van der Waals surface area contributed by atoms with E-state index in [1.165, 1.54) is 23.6 Å². The second-order valence-electron chi connectivity index (χ2n) is 6.54. The maximum atomic E-state index is 12.2. The maximum Gasteiger partial charge on any atom is 0.323 e. The molecule has 2 heterocycles. The highest BCUT2D eigenvalue weighted by Crippen LogP contribution is 2.35. The molecule has 2 N–H and O–H groups in total. The van der Waals surface area contributed by atoms with Crippen LogP contribution in [0.2, 0.25) is 0 Å². The van der Waals surface area contributed by atoms with Crippen molar-refractivity contribution in [2.24, 2.45) is 0 Å². The highest BCUT2D eigenvalue weighted by molar-refractivity contribution is 5.87. The molecule has 128 valence electrons. The minimum absolute atomic E-state index is 0.0499. The number of para-hydroxylation sites is 1. The highest BCUT2D eigenvalue weighted by Gasteiger charge is 2.34. The Balaban J connectivity index is 1.83. The van der Waals surface area contributed by atoms with E-state index in [4.69, 9.17) is 4.74 Å². The zero-order valence-corrected chi connectivity index (χ0v) is 14.5. The Kier molecular flexibility index (Phi) is 4.06. The van der Waals surface area contributed by atoms with Gasteiger partial charge in [0.05, 0.1) is 13.2 Å². The molecule has 4 nitrogen and oxygen atoms in total. The molecule has 0 bridgehead atoms. The van der Waals surface area contributed by atoms with Gasteiger partial charge in [-0.05, 0) is 29.2 Å². The van der Waals surface area contributed by atoms with Gasteiger partial charge in [0.15, 0.2) is 0 Å². The van der Waals surface area contributed by atoms with Crippen LogP contribution < -0.4 is 5.32 Å². The van der Waals surface area contributed by atoms with Gasteiger partial charge >= 0.3 is 5.97 Å². The Hall–Kier alpha value is -2.59. The van der Waals surface area contributed by atoms with Crippen molar-refractivity contribution in [3.63, 3.8) is 0 Å². The van der Waals surface area contributed by atoms with Crippen molar-refractivity contribution in [3.8, 4) is 0 Å². The summed E-state index contributed by atoms with van der Waals surface area (Å²) in [6.45, 7) is 2.15. The molecule has 0 aliphatic carbocycles. The zero-order chi connectivity index (χ0) is 17.4. The third-order valence-electron chi connectivity index (χ3n) is 5.12. The first kappa shape index (κ1) is 15.9. The number of benzene rings is 2. The van der Waals surface area contributed by atoms with Crippen molar-refractivity contribution < 1.29 is 9.53 Å². The first-order valence-corrected chi connectivity index (χ1v) is 8.73. The molecule has 0 saturated heterocycles. The molecular formula is C21H22N2O2. The summed E-state index contributed by atoms with van der Waals surface area (Å²) >= 11 is 0. The molecule has 2 atom stereocenters. The predicted octanol–water partition coefficient (Wildman–Crippen LogP) is 3.51. The topological polar surface area (TPSA) is 54.1 Å². The minimum Gasteiger partial charge on any atom is -0.468 e.